The third kappa shape index (κ3) is 1.87. The maximum absolute atomic E-state index is 5.62. The molecule has 17 heavy (non-hydrogen) atoms. The number of fused-ring (bicyclic) bond motifs is 1. The van der Waals surface area contributed by atoms with Gasteiger partial charge in [0.25, 0.3) is 0 Å². The Kier molecular flexibility index (Phi) is 2.69. The van der Waals surface area contributed by atoms with Gasteiger partial charge in [0.05, 0.1) is 6.33 Å². The standard InChI is InChI=1S/C14H17N3/c15-7-6-14-9-16-10-17(14)13-5-4-11-2-1-3-12(11)8-13/h4-5,8-10H,1-3,6-7,15H2. The Morgan fingerprint density at radius 2 is 2.12 bits per heavy atom. The van der Waals surface area contributed by atoms with Crippen LogP contribution >= 0.6 is 0 Å². The topological polar surface area (TPSA) is 43.8 Å². The number of hydrogen-bond acceptors (Lipinski definition) is 2. The number of nitrogens with two attached hydrogens (primary N) is 1. The van der Waals surface area contributed by atoms with Crippen LogP contribution in [0.2, 0.25) is 0 Å². The highest BCUT2D eigenvalue weighted by Crippen LogP contribution is 2.24. The van der Waals surface area contributed by atoms with Gasteiger partial charge in [0.1, 0.15) is 0 Å². The predicted octanol–water partition coefficient (Wildman–Crippen LogP) is 1.86. The molecule has 3 rings (SSSR count). The van der Waals surface area contributed by atoms with E-state index < -0.39 is 0 Å². The van der Waals surface area contributed by atoms with Crippen LogP contribution in [0.3, 0.4) is 0 Å². The summed E-state index contributed by atoms with van der Waals surface area (Å²) >= 11 is 0. The van der Waals surface area contributed by atoms with Gasteiger partial charge in [0.15, 0.2) is 0 Å². The lowest BCUT2D eigenvalue weighted by Gasteiger charge is -2.09. The zero-order valence-electron chi connectivity index (χ0n) is 9.89. The molecule has 1 aliphatic rings. The van der Waals surface area contributed by atoms with E-state index in [4.69, 9.17) is 5.73 Å². The van der Waals surface area contributed by atoms with Crippen LogP contribution in [0.5, 0.6) is 0 Å². The first kappa shape index (κ1) is 10.5. The van der Waals surface area contributed by atoms with Gasteiger partial charge in [-0.1, -0.05) is 6.07 Å². The van der Waals surface area contributed by atoms with Crippen molar-refractivity contribution in [2.75, 3.05) is 6.54 Å². The summed E-state index contributed by atoms with van der Waals surface area (Å²) in [6.45, 7) is 0.663. The number of aromatic nitrogens is 2. The Balaban J connectivity index is 2.00. The van der Waals surface area contributed by atoms with E-state index in [0.29, 0.717) is 6.54 Å². The zero-order valence-corrected chi connectivity index (χ0v) is 9.89. The van der Waals surface area contributed by atoms with Crippen LogP contribution in [-0.2, 0) is 19.3 Å². The summed E-state index contributed by atoms with van der Waals surface area (Å²) < 4.78 is 2.14. The fourth-order valence-electron chi connectivity index (χ4n) is 2.60. The molecule has 0 fully saturated rings. The van der Waals surface area contributed by atoms with E-state index in [1.165, 1.54) is 41.8 Å². The van der Waals surface area contributed by atoms with Crippen molar-refractivity contribution >= 4 is 0 Å². The summed E-state index contributed by atoms with van der Waals surface area (Å²) in [5, 5.41) is 0. The van der Waals surface area contributed by atoms with Crippen molar-refractivity contribution in [1.29, 1.82) is 0 Å². The van der Waals surface area contributed by atoms with Gasteiger partial charge in [0, 0.05) is 24.0 Å². The molecule has 0 radical (unpaired) electrons. The zero-order chi connectivity index (χ0) is 11.7. The van der Waals surface area contributed by atoms with E-state index in [1.807, 2.05) is 12.5 Å². The average molecular weight is 227 g/mol. The molecular formula is C14H17N3. The first-order valence-electron chi connectivity index (χ1n) is 6.22. The molecule has 3 nitrogen and oxygen atoms in total. The van der Waals surface area contributed by atoms with E-state index in [2.05, 4.69) is 27.8 Å². The molecule has 0 unspecified atom stereocenters. The highest BCUT2D eigenvalue weighted by Gasteiger charge is 2.12. The van der Waals surface area contributed by atoms with E-state index >= 15 is 0 Å². The molecule has 0 saturated carbocycles. The first-order chi connectivity index (χ1) is 8.38. The quantitative estimate of drug-likeness (QED) is 0.869. The van der Waals surface area contributed by atoms with Gasteiger partial charge in [-0.15, -0.1) is 0 Å². The van der Waals surface area contributed by atoms with Crippen molar-refractivity contribution in [3.05, 3.63) is 47.5 Å². The molecular weight excluding hydrogens is 210 g/mol. The number of hydrogen-bond donors (Lipinski definition) is 1. The van der Waals surface area contributed by atoms with Crippen molar-refractivity contribution in [3.8, 4) is 5.69 Å². The van der Waals surface area contributed by atoms with E-state index in [0.717, 1.165) is 6.42 Å². The average Bonchev–Trinajstić information content (AvgIpc) is 2.96. The van der Waals surface area contributed by atoms with Crippen LogP contribution in [-0.4, -0.2) is 16.1 Å². The van der Waals surface area contributed by atoms with Crippen LogP contribution in [0, 0.1) is 0 Å². The Labute approximate surface area is 101 Å². The molecule has 2 N–H and O–H groups in total. The summed E-state index contributed by atoms with van der Waals surface area (Å²) in [7, 11) is 0. The van der Waals surface area contributed by atoms with Gasteiger partial charge in [-0.3, -0.25) is 0 Å². The second-order valence-electron chi connectivity index (χ2n) is 4.60. The largest absolute Gasteiger partial charge is 0.330 e. The normalized spacial score (nSPS) is 13.9. The van der Waals surface area contributed by atoms with Crippen LogP contribution in [0.15, 0.2) is 30.7 Å². The Morgan fingerprint density at radius 1 is 1.24 bits per heavy atom. The fourth-order valence-corrected chi connectivity index (χ4v) is 2.60. The van der Waals surface area contributed by atoms with Crippen molar-refractivity contribution in [1.82, 2.24) is 9.55 Å². The summed E-state index contributed by atoms with van der Waals surface area (Å²) in [6.07, 6.45) is 8.39. The van der Waals surface area contributed by atoms with Crippen LogP contribution < -0.4 is 5.73 Å². The maximum Gasteiger partial charge on any atom is 0.0994 e. The molecule has 0 atom stereocenters. The number of aryl methyl sites for hydroxylation is 2. The maximum atomic E-state index is 5.62. The lowest BCUT2D eigenvalue weighted by molar-refractivity contribution is 0.872. The summed E-state index contributed by atoms with van der Waals surface area (Å²) in [4.78, 5) is 4.22. The van der Waals surface area contributed by atoms with E-state index in [-0.39, 0.29) is 0 Å². The van der Waals surface area contributed by atoms with Gasteiger partial charge in [-0.2, -0.15) is 0 Å². The molecule has 1 aliphatic carbocycles. The van der Waals surface area contributed by atoms with Crippen molar-refractivity contribution in [2.45, 2.75) is 25.7 Å². The Bertz CT molecular complexity index is 528. The van der Waals surface area contributed by atoms with Crippen molar-refractivity contribution in [2.24, 2.45) is 5.73 Å². The molecule has 3 heteroatoms. The number of imidazole rings is 1. The van der Waals surface area contributed by atoms with E-state index in [1.54, 1.807) is 0 Å². The number of rotatable bonds is 3. The van der Waals surface area contributed by atoms with Gasteiger partial charge in [0.2, 0.25) is 0 Å². The highest BCUT2D eigenvalue weighted by molar-refractivity contribution is 5.43. The van der Waals surface area contributed by atoms with Crippen LogP contribution in [0.4, 0.5) is 0 Å². The van der Waals surface area contributed by atoms with Crippen LogP contribution in [0.25, 0.3) is 5.69 Å². The van der Waals surface area contributed by atoms with Gasteiger partial charge in [-0.05, 0) is 49.1 Å². The lowest BCUT2D eigenvalue weighted by atomic mass is 10.1. The monoisotopic (exact) mass is 227 g/mol. The Morgan fingerprint density at radius 3 is 3.00 bits per heavy atom. The molecule has 88 valence electrons. The molecule has 0 bridgehead atoms. The fraction of sp³-hybridized carbons (Fsp3) is 0.357. The minimum absolute atomic E-state index is 0.663. The van der Waals surface area contributed by atoms with Gasteiger partial charge >= 0.3 is 0 Å². The van der Waals surface area contributed by atoms with Gasteiger partial charge in [-0.25, -0.2) is 4.98 Å². The highest BCUT2D eigenvalue weighted by atomic mass is 15.0. The predicted molar refractivity (Wildman–Crippen MR) is 68.3 cm³/mol. The summed E-state index contributed by atoms with van der Waals surface area (Å²) in [6, 6.07) is 6.74. The third-order valence-electron chi connectivity index (χ3n) is 3.48. The molecule has 0 aliphatic heterocycles. The minimum Gasteiger partial charge on any atom is -0.330 e. The molecule has 0 saturated heterocycles. The summed E-state index contributed by atoms with van der Waals surface area (Å²) in [5.41, 5.74) is 11.0. The molecule has 2 aromatic rings. The summed E-state index contributed by atoms with van der Waals surface area (Å²) in [5.74, 6) is 0. The van der Waals surface area contributed by atoms with E-state index in [9.17, 15) is 0 Å². The third-order valence-corrected chi connectivity index (χ3v) is 3.48. The second kappa shape index (κ2) is 4.34. The molecule has 1 heterocycles. The minimum atomic E-state index is 0.663. The molecule has 0 spiro atoms. The number of benzene rings is 1. The molecule has 1 aromatic heterocycles. The second-order valence-corrected chi connectivity index (χ2v) is 4.60. The van der Waals surface area contributed by atoms with Crippen molar-refractivity contribution in [3.63, 3.8) is 0 Å². The number of nitrogens with zero attached hydrogens (tertiary/aromatic N) is 2. The molecule has 0 amide bonds. The lowest BCUT2D eigenvalue weighted by Crippen LogP contribution is -2.07. The van der Waals surface area contributed by atoms with Crippen LogP contribution in [0.1, 0.15) is 23.2 Å². The van der Waals surface area contributed by atoms with Crippen molar-refractivity contribution < 1.29 is 0 Å². The smallest absolute Gasteiger partial charge is 0.0994 e. The Hall–Kier alpha value is -1.61. The molecule has 1 aromatic carbocycles. The first-order valence-corrected chi connectivity index (χ1v) is 6.22. The SMILES string of the molecule is NCCc1cncn1-c1ccc2c(c1)CCC2. The van der Waals surface area contributed by atoms with Gasteiger partial charge < -0.3 is 10.3 Å².